The summed E-state index contributed by atoms with van der Waals surface area (Å²) in [5.74, 6) is 0. The molecule has 0 saturated heterocycles. The average molecular weight is 370 g/mol. The molecule has 88 valence electrons. The van der Waals surface area contributed by atoms with Crippen molar-refractivity contribution in [2.75, 3.05) is 0 Å². The molecule has 0 aliphatic carbocycles. The number of benzene rings is 2. The monoisotopic (exact) mass is 370 g/mol. The van der Waals surface area contributed by atoms with Crippen LogP contribution in [0, 0.1) is 0 Å². The van der Waals surface area contributed by atoms with Crippen LogP contribution in [0.1, 0.15) is 0 Å². The van der Waals surface area contributed by atoms with Gasteiger partial charge in [-0.2, -0.15) is 0 Å². The minimum atomic E-state index is -3.37. The van der Waals surface area contributed by atoms with Gasteiger partial charge in [-0.1, -0.05) is 0 Å². The number of sulfone groups is 1. The number of rotatable bonds is 2. The first kappa shape index (κ1) is 13.0. The molecular formula is C12H12As2O2S. The van der Waals surface area contributed by atoms with E-state index < -0.39 is 9.84 Å². The van der Waals surface area contributed by atoms with E-state index in [1.807, 2.05) is 12.1 Å². The van der Waals surface area contributed by atoms with Crippen molar-refractivity contribution in [3.63, 3.8) is 0 Å². The van der Waals surface area contributed by atoms with E-state index in [-0.39, 0.29) is 0 Å². The fourth-order valence-corrected chi connectivity index (χ4v) is 5.12. The summed E-state index contributed by atoms with van der Waals surface area (Å²) >= 11 is 2.81. The Morgan fingerprint density at radius 3 is 2.12 bits per heavy atom. The van der Waals surface area contributed by atoms with Gasteiger partial charge in [0.25, 0.3) is 0 Å². The average Bonchev–Trinajstić information content (AvgIpc) is 2.33. The Kier molecular flexibility index (Phi) is 3.82. The molecule has 5 heteroatoms. The second kappa shape index (κ2) is 5.02. The second-order valence-electron chi connectivity index (χ2n) is 3.58. The van der Waals surface area contributed by atoms with Crippen molar-refractivity contribution in [1.82, 2.24) is 0 Å². The Labute approximate surface area is 118 Å². The molecule has 2 aromatic carbocycles. The van der Waals surface area contributed by atoms with Crippen LogP contribution in [-0.2, 0) is 9.84 Å². The molecule has 0 aliphatic heterocycles. The van der Waals surface area contributed by atoms with Gasteiger partial charge in [-0.15, -0.1) is 0 Å². The van der Waals surface area contributed by atoms with Crippen LogP contribution >= 0.6 is 0 Å². The molecule has 17 heavy (non-hydrogen) atoms. The van der Waals surface area contributed by atoms with E-state index in [4.69, 9.17) is 0 Å². The van der Waals surface area contributed by atoms with E-state index in [2.05, 4.69) is 0 Å². The Bertz CT molecular complexity index is 637. The molecule has 0 amide bonds. The Morgan fingerprint density at radius 1 is 0.824 bits per heavy atom. The van der Waals surface area contributed by atoms with Crippen LogP contribution in [0.3, 0.4) is 0 Å². The van der Waals surface area contributed by atoms with Gasteiger partial charge in [0.2, 0.25) is 0 Å². The summed E-state index contributed by atoms with van der Waals surface area (Å²) in [6.07, 6.45) is 0. The standard InChI is InChI=1S/C12H12As2O2S/c13-10-7-4-8-11(12(10)14)17(15,16)9-5-2-1-3-6-9/h1-8H,13-14H2. The molecular weight excluding hydrogens is 358 g/mol. The van der Waals surface area contributed by atoms with E-state index in [1.165, 1.54) is 33.7 Å². The molecule has 0 radical (unpaired) electrons. The summed E-state index contributed by atoms with van der Waals surface area (Å²) in [4.78, 5) is 0.794. The maximum absolute atomic E-state index is 12.4. The van der Waals surface area contributed by atoms with Crippen molar-refractivity contribution in [3.05, 3.63) is 48.5 Å². The van der Waals surface area contributed by atoms with E-state index in [1.54, 1.807) is 36.4 Å². The maximum atomic E-state index is 12.4. The van der Waals surface area contributed by atoms with Gasteiger partial charge in [0, 0.05) is 0 Å². The van der Waals surface area contributed by atoms with Crippen LogP contribution in [0.4, 0.5) is 0 Å². The summed E-state index contributed by atoms with van der Waals surface area (Å²) in [6, 6.07) is 14.0. The molecule has 0 aliphatic rings. The summed E-state index contributed by atoms with van der Waals surface area (Å²) in [6.45, 7) is 0. The summed E-state index contributed by atoms with van der Waals surface area (Å²) < 4.78 is 26.8. The fraction of sp³-hybridized carbons (Fsp3) is 0. The van der Waals surface area contributed by atoms with Gasteiger partial charge in [-0.3, -0.25) is 0 Å². The topological polar surface area (TPSA) is 34.1 Å². The molecule has 2 aromatic rings. The van der Waals surface area contributed by atoms with Gasteiger partial charge in [0.05, 0.1) is 0 Å². The van der Waals surface area contributed by atoms with E-state index in [0.29, 0.717) is 9.79 Å². The third-order valence-corrected chi connectivity index (χ3v) is 8.59. The number of hydrogen-bond donors (Lipinski definition) is 0. The van der Waals surface area contributed by atoms with Crippen molar-refractivity contribution >= 4 is 52.2 Å². The third kappa shape index (κ3) is 2.52. The van der Waals surface area contributed by atoms with Crippen molar-refractivity contribution in [3.8, 4) is 0 Å². The van der Waals surface area contributed by atoms with Crippen LogP contribution in [0.15, 0.2) is 58.3 Å². The normalized spacial score (nSPS) is 11.4. The van der Waals surface area contributed by atoms with Crippen LogP contribution in [0.2, 0.25) is 0 Å². The first-order valence-electron chi connectivity index (χ1n) is 4.97. The predicted molar refractivity (Wildman–Crippen MR) is 74.7 cm³/mol. The summed E-state index contributed by atoms with van der Waals surface area (Å²) in [7, 11) is -3.37. The molecule has 0 bridgehead atoms. The first-order chi connectivity index (χ1) is 8.03. The molecule has 0 aromatic heterocycles. The van der Waals surface area contributed by atoms with Crippen molar-refractivity contribution in [2.45, 2.75) is 9.79 Å². The molecule has 0 N–H and O–H groups in total. The minimum absolute atomic E-state index is 0.358. The van der Waals surface area contributed by atoms with Gasteiger partial charge in [0.1, 0.15) is 0 Å². The quantitative estimate of drug-likeness (QED) is 0.639. The Morgan fingerprint density at radius 2 is 1.47 bits per heavy atom. The van der Waals surface area contributed by atoms with Gasteiger partial charge < -0.3 is 0 Å². The van der Waals surface area contributed by atoms with Crippen LogP contribution in [-0.4, -0.2) is 42.1 Å². The molecule has 2 rings (SSSR count). The van der Waals surface area contributed by atoms with Crippen molar-refractivity contribution in [2.24, 2.45) is 0 Å². The molecule has 0 fully saturated rings. The second-order valence-corrected chi connectivity index (χ2v) is 8.01. The zero-order valence-corrected chi connectivity index (χ0v) is 14.7. The van der Waals surface area contributed by atoms with Crippen LogP contribution in [0.5, 0.6) is 0 Å². The van der Waals surface area contributed by atoms with Crippen molar-refractivity contribution < 1.29 is 8.42 Å². The molecule has 0 heterocycles. The molecule has 2 unspecified atom stereocenters. The van der Waals surface area contributed by atoms with Gasteiger partial charge >= 0.3 is 119 Å². The van der Waals surface area contributed by atoms with Crippen LogP contribution < -0.4 is 8.70 Å². The van der Waals surface area contributed by atoms with E-state index in [0.717, 1.165) is 8.70 Å². The predicted octanol–water partition coefficient (Wildman–Crippen LogP) is -0.964. The van der Waals surface area contributed by atoms with Crippen molar-refractivity contribution in [1.29, 1.82) is 0 Å². The van der Waals surface area contributed by atoms with Gasteiger partial charge in [-0.05, 0) is 0 Å². The third-order valence-electron chi connectivity index (χ3n) is 2.44. The SMILES string of the molecule is O=S(=O)(c1ccccc1)c1cccc([AsH2])c1[AsH2]. The fourth-order valence-electron chi connectivity index (χ4n) is 1.52. The summed E-state index contributed by atoms with van der Waals surface area (Å²) in [5.41, 5.74) is 0. The molecule has 2 nitrogen and oxygen atoms in total. The van der Waals surface area contributed by atoms with E-state index >= 15 is 0 Å². The summed E-state index contributed by atoms with van der Waals surface area (Å²) in [5, 5.41) is 0. The van der Waals surface area contributed by atoms with E-state index in [9.17, 15) is 8.42 Å². The van der Waals surface area contributed by atoms with Crippen LogP contribution in [0.25, 0.3) is 0 Å². The van der Waals surface area contributed by atoms with Gasteiger partial charge in [-0.25, -0.2) is 0 Å². The first-order valence-corrected chi connectivity index (χ1v) is 8.88. The number of hydrogen-bond acceptors (Lipinski definition) is 2. The zero-order valence-electron chi connectivity index (χ0n) is 9.00. The van der Waals surface area contributed by atoms with Gasteiger partial charge in [0.15, 0.2) is 0 Å². The molecule has 0 spiro atoms. The zero-order chi connectivity index (χ0) is 12.5. The Hall–Kier alpha value is -0.493. The Balaban J connectivity index is 2.65. The molecule has 0 saturated carbocycles. The molecule has 2 atom stereocenters.